The summed E-state index contributed by atoms with van der Waals surface area (Å²) in [6.07, 6.45) is 2.35. The van der Waals surface area contributed by atoms with Crippen LogP contribution in [0.5, 0.6) is 5.75 Å². The molecule has 2 amide bonds. The zero-order valence-corrected chi connectivity index (χ0v) is 16.2. The Morgan fingerprint density at radius 3 is 3.00 bits per heavy atom. The summed E-state index contributed by atoms with van der Waals surface area (Å²) in [6.45, 7) is 6.61. The third kappa shape index (κ3) is 3.61. The number of rotatable bonds is 3. The predicted molar refractivity (Wildman–Crippen MR) is 105 cm³/mol. The fourth-order valence-corrected chi connectivity index (χ4v) is 4.08. The minimum Gasteiger partial charge on any atom is -0.493 e. The Bertz CT molecular complexity index is 875. The molecule has 2 aliphatic rings. The third-order valence-electron chi connectivity index (χ3n) is 5.55. The quantitative estimate of drug-likeness (QED) is 0.826. The number of aromatic nitrogens is 1. The van der Waals surface area contributed by atoms with Crippen LogP contribution in [-0.2, 0) is 6.42 Å². The van der Waals surface area contributed by atoms with Gasteiger partial charge in [0, 0.05) is 55.6 Å². The summed E-state index contributed by atoms with van der Waals surface area (Å²) in [5, 5.41) is 3.13. The molecular weight excluding hydrogens is 359 g/mol. The Morgan fingerprint density at radius 1 is 1.36 bits per heavy atom. The number of carbonyl (C=O) groups is 1. The van der Waals surface area contributed by atoms with E-state index in [9.17, 15) is 9.18 Å². The van der Waals surface area contributed by atoms with Crippen LogP contribution in [0.4, 0.5) is 14.9 Å². The van der Waals surface area contributed by atoms with Gasteiger partial charge in [-0.15, -0.1) is 0 Å². The maximum atomic E-state index is 13.4. The minimum atomic E-state index is -0.487. The van der Waals surface area contributed by atoms with Crippen molar-refractivity contribution in [3.05, 3.63) is 53.6 Å². The molecule has 28 heavy (non-hydrogen) atoms. The Labute approximate surface area is 164 Å². The molecule has 2 aliphatic heterocycles. The first-order valence-electron chi connectivity index (χ1n) is 9.71. The van der Waals surface area contributed by atoms with Gasteiger partial charge in [-0.25, -0.2) is 9.78 Å². The highest BCUT2D eigenvalue weighted by atomic mass is 19.1. The number of anilines is 1. The van der Waals surface area contributed by atoms with Gasteiger partial charge >= 0.3 is 6.03 Å². The molecule has 4 rings (SSSR count). The maximum Gasteiger partial charge on any atom is 0.318 e. The van der Waals surface area contributed by atoms with Crippen molar-refractivity contribution in [2.24, 2.45) is 0 Å². The largest absolute Gasteiger partial charge is 0.493 e. The molecule has 0 spiro atoms. The van der Waals surface area contributed by atoms with E-state index in [1.54, 1.807) is 6.07 Å². The normalized spacial score (nSPS) is 19.8. The van der Waals surface area contributed by atoms with Crippen molar-refractivity contribution in [1.82, 2.24) is 15.2 Å². The lowest BCUT2D eigenvalue weighted by molar-refractivity contribution is 0.168. The number of piperazine rings is 1. The first-order valence-corrected chi connectivity index (χ1v) is 9.71. The SMILES string of the molecule is C[C@@H]1CN(c2ccnc(F)c2)CCN1C(=O)N[C@H](C)c1cccc2c1CCO2. The predicted octanol–water partition coefficient (Wildman–Crippen LogP) is 3.14. The summed E-state index contributed by atoms with van der Waals surface area (Å²) in [5.41, 5.74) is 3.10. The summed E-state index contributed by atoms with van der Waals surface area (Å²) in [4.78, 5) is 20.4. The van der Waals surface area contributed by atoms with Gasteiger partial charge in [-0.3, -0.25) is 0 Å². The standard InChI is InChI=1S/C21H25FN4O2/c1-14-13-25(16-6-8-23-20(22)12-16)9-10-26(14)21(27)24-15(2)17-4-3-5-19-18(17)7-11-28-19/h3-6,8,12,14-15H,7,9-11,13H2,1-2H3,(H,24,27)/t14-,15-/m1/s1. The molecule has 0 radical (unpaired) electrons. The van der Waals surface area contributed by atoms with Crippen molar-refractivity contribution in [2.75, 3.05) is 31.1 Å². The lowest BCUT2D eigenvalue weighted by Crippen LogP contribution is -2.56. The number of ether oxygens (including phenoxy) is 1. The van der Waals surface area contributed by atoms with E-state index in [2.05, 4.69) is 21.3 Å². The summed E-state index contributed by atoms with van der Waals surface area (Å²) in [6, 6.07) is 9.08. The van der Waals surface area contributed by atoms with Gasteiger partial charge < -0.3 is 19.9 Å². The van der Waals surface area contributed by atoms with Crippen LogP contribution in [0.1, 0.15) is 31.0 Å². The number of carbonyl (C=O) groups excluding carboxylic acids is 1. The molecule has 1 fully saturated rings. The van der Waals surface area contributed by atoms with Crippen LogP contribution in [0.25, 0.3) is 0 Å². The van der Waals surface area contributed by atoms with Gasteiger partial charge in [0.15, 0.2) is 0 Å². The second-order valence-corrected chi connectivity index (χ2v) is 7.42. The fourth-order valence-electron chi connectivity index (χ4n) is 4.08. The molecule has 0 saturated carbocycles. The van der Waals surface area contributed by atoms with E-state index >= 15 is 0 Å². The smallest absolute Gasteiger partial charge is 0.318 e. The highest BCUT2D eigenvalue weighted by molar-refractivity contribution is 5.75. The second-order valence-electron chi connectivity index (χ2n) is 7.42. The van der Waals surface area contributed by atoms with Gasteiger partial charge in [-0.05, 0) is 31.5 Å². The van der Waals surface area contributed by atoms with Crippen molar-refractivity contribution >= 4 is 11.7 Å². The van der Waals surface area contributed by atoms with E-state index < -0.39 is 5.95 Å². The Hall–Kier alpha value is -2.83. The molecule has 1 N–H and O–H groups in total. The molecule has 3 heterocycles. The van der Waals surface area contributed by atoms with Crippen LogP contribution in [-0.4, -0.2) is 48.2 Å². The molecule has 6 nitrogen and oxygen atoms in total. The number of fused-ring (bicyclic) bond motifs is 1. The van der Waals surface area contributed by atoms with Crippen molar-refractivity contribution < 1.29 is 13.9 Å². The van der Waals surface area contributed by atoms with Gasteiger partial charge in [0.25, 0.3) is 0 Å². The van der Waals surface area contributed by atoms with Crippen LogP contribution in [0, 0.1) is 5.95 Å². The lowest BCUT2D eigenvalue weighted by Gasteiger charge is -2.41. The van der Waals surface area contributed by atoms with Crippen molar-refractivity contribution in [1.29, 1.82) is 0 Å². The summed E-state index contributed by atoms with van der Waals surface area (Å²) in [7, 11) is 0. The van der Waals surface area contributed by atoms with Crippen LogP contribution in [0.2, 0.25) is 0 Å². The average molecular weight is 384 g/mol. The number of urea groups is 1. The molecule has 1 aromatic carbocycles. The Kier molecular flexibility index (Phi) is 5.07. The Balaban J connectivity index is 1.40. The molecule has 148 valence electrons. The number of pyridine rings is 1. The number of nitrogens with one attached hydrogen (secondary N) is 1. The number of hydrogen-bond acceptors (Lipinski definition) is 4. The Morgan fingerprint density at radius 2 is 2.21 bits per heavy atom. The zero-order chi connectivity index (χ0) is 19.7. The number of nitrogens with zero attached hydrogens (tertiary/aromatic N) is 3. The molecule has 1 saturated heterocycles. The van der Waals surface area contributed by atoms with Crippen molar-refractivity contribution in [3.8, 4) is 5.75 Å². The van der Waals surface area contributed by atoms with E-state index in [4.69, 9.17) is 4.74 Å². The number of hydrogen-bond donors (Lipinski definition) is 1. The van der Waals surface area contributed by atoms with Gasteiger partial charge in [0.05, 0.1) is 12.6 Å². The fraction of sp³-hybridized carbons (Fsp3) is 0.429. The van der Waals surface area contributed by atoms with Gasteiger partial charge in [-0.2, -0.15) is 4.39 Å². The van der Waals surface area contributed by atoms with Crippen LogP contribution in [0.3, 0.4) is 0 Å². The molecule has 0 bridgehead atoms. The van der Waals surface area contributed by atoms with Crippen molar-refractivity contribution in [3.63, 3.8) is 0 Å². The summed E-state index contributed by atoms with van der Waals surface area (Å²) in [5.74, 6) is 0.434. The van der Waals surface area contributed by atoms with E-state index in [1.165, 1.54) is 17.8 Å². The van der Waals surface area contributed by atoms with E-state index in [0.29, 0.717) is 26.2 Å². The van der Waals surface area contributed by atoms with Crippen molar-refractivity contribution in [2.45, 2.75) is 32.4 Å². The van der Waals surface area contributed by atoms with Crippen LogP contribution < -0.4 is 15.0 Å². The van der Waals surface area contributed by atoms with E-state index in [1.807, 2.05) is 30.9 Å². The summed E-state index contributed by atoms with van der Waals surface area (Å²) >= 11 is 0. The molecular formula is C21H25FN4O2. The zero-order valence-electron chi connectivity index (χ0n) is 16.2. The third-order valence-corrected chi connectivity index (χ3v) is 5.55. The van der Waals surface area contributed by atoms with Gasteiger partial charge in [0.1, 0.15) is 5.75 Å². The maximum absolute atomic E-state index is 13.4. The number of amides is 2. The average Bonchev–Trinajstić information content (AvgIpc) is 3.16. The number of halogens is 1. The van der Waals surface area contributed by atoms with Gasteiger partial charge in [0.2, 0.25) is 5.95 Å². The minimum absolute atomic E-state index is 0.0157. The summed E-state index contributed by atoms with van der Waals surface area (Å²) < 4.78 is 19.0. The molecule has 7 heteroatoms. The van der Waals surface area contributed by atoms with E-state index in [-0.39, 0.29) is 18.1 Å². The first kappa shape index (κ1) is 18.5. The van der Waals surface area contributed by atoms with Crippen LogP contribution >= 0.6 is 0 Å². The monoisotopic (exact) mass is 384 g/mol. The molecule has 2 aromatic rings. The topological polar surface area (TPSA) is 57.7 Å². The van der Waals surface area contributed by atoms with Gasteiger partial charge in [-0.1, -0.05) is 12.1 Å². The molecule has 0 aliphatic carbocycles. The molecule has 2 atom stereocenters. The number of benzene rings is 1. The highest BCUT2D eigenvalue weighted by Gasteiger charge is 2.29. The first-order chi connectivity index (χ1) is 13.5. The molecule has 1 aromatic heterocycles. The lowest BCUT2D eigenvalue weighted by atomic mass is 9.99. The van der Waals surface area contributed by atoms with Crippen LogP contribution in [0.15, 0.2) is 36.5 Å². The highest BCUT2D eigenvalue weighted by Crippen LogP contribution is 2.31. The molecule has 0 unspecified atom stereocenters. The second kappa shape index (κ2) is 7.66. The van der Waals surface area contributed by atoms with E-state index in [0.717, 1.165) is 23.4 Å².